The molecular weight excluding hydrogens is 448 g/mol. The summed E-state index contributed by atoms with van der Waals surface area (Å²) in [6, 6.07) is 6.18. The number of carboxylic acid groups (broad SMARTS) is 1. The van der Waals surface area contributed by atoms with E-state index in [0.29, 0.717) is 31.1 Å². The van der Waals surface area contributed by atoms with Crippen molar-refractivity contribution in [3.63, 3.8) is 0 Å². The average Bonchev–Trinajstić information content (AvgIpc) is 3.47. The molecule has 4 atom stereocenters. The van der Waals surface area contributed by atoms with Crippen molar-refractivity contribution in [2.45, 2.75) is 90.6 Å². The molecule has 2 amide bonds. The monoisotopic (exact) mass is 484 g/mol. The highest BCUT2D eigenvalue weighted by Crippen LogP contribution is 2.70. The van der Waals surface area contributed by atoms with Gasteiger partial charge in [-0.05, 0) is 85.0 Å². The normalized spacial score (nSPS) is 37.2. The highest BCUT2D eigenvalue weighted by atomic mass is 35.5. The molecule has 1 aliphatic heterocycles. The quantitative estimate of drug-likeness (QED) is 0.473. The van der Waals surface area contributed by atoms with E-state index >= 15 is 0 Å². The van der Waals surface area contributed by atoms with Crippen LogP contribution in [0.25, 0.3) is 0 Å². The molecular formula is C28H37ClN2O3. The summed E-state index contributed by atoms with van der Waals surface area (Å²) in [5.74, 6) is 0.663. The first kappa shape index (κ1) is 23.7. The zero-order valence-electron chi connectivity index (χ0n) is 21.2. The average molecular weight is 485 g/mol. The third-order valence-electron chi connectivity index (χ3n) is 9.41. The molecule has 2 bridgehead atoms. The van der Waals surface area contributed by atoms with Crippen LogP contribution in [0.4, 0.5) is 4.79 Å². The number of aliphatic carboxylic acids is 1. The second-order valence-corrected chi connectivity index (χ2v) is 13.1. The number of carboxylic acids is 1. The summed E-state index contributed by atoms with van der Waals surface area (Å²) < 4.78 is 0. The molecule has 1 aromatic carbocycles. The van der Waals surface area contributed by atoms with Gasteiger partial charge in [0.25, 0.3) is 0 Å². The van der Waals surface area contributed by atoms with Crippen LogP contribution in [0, 0.1) is 22.7 Å². The summed E-state index contributed by atoms with van der Waals surface area (Å²) in [5, 5.41) is 13.6. The molecule has 0 spiro atoms. The summed E-state index contributed by atoms with van der Waals surface area (Å²) in [7, 11) is 0. The van der Waals surface area contributed by atoms with Gasteiger partial charge in [-0.25, -0.2) is 4.79 Å². The first-order valence-corrected chi connectivity index (χ1v) is 13.0. The van der Waals surface area contributed by atoms with E-state index in [9.17, 15) is 14.7 Å². The van der Waals surface area contributed by atoms with Crippen LogP contribution in [-0.4, -0.2) is 27.5 Å². The minimum absolute atomic E-state index is 0.150. The maximum atomic E-state index is 13.4. The van der Waals surface area contributed by atoms with E-state index in [2.05, 4.69) is 59.0 Å². The van der Waals surface area contributed by atoms with Crippen molar-refractivity contribution in [1.29, 1.82) is 0 Å². The van der Waals surface area contributed by atoms with Crippen LogP contribution in [0.1, 0.15) is 90.7 Å². The van der Waals surface area contributed by atoms with E-state index in [-0.39, 0.29) is 22.9 Å². The second-order valence-electron chi connectivity index (χ2n) is 12.7. The number of hydrogen-bond acceptors (Lipinski definition) is 2. The number of amides is 2. The van der Waals surface area contributed by atoms with Gasteiger partial charge in [0.1, 0.15) is 0 Å². The maximum Gasteiger partial charge on any atom is 0.322 e. The maximum absolute atomic E-state index is 13.4. The lowest BCUT2D eigenvalue weighted by Crippen LogP contribution is -2.78. The molecule has 4 aliphatic carbocycles. The standard InChI is InChI=1S/C28H37ClN2O3/c1-7-16(2)21-12-31(28-13-27(14-28,15-28)23(32)33)24(34)30-26(21,6)17-8-9-18(22(29)10-17)19-11-20(19)25(3,4)5/h8-10,12,16,19-20H,7,11,13-15H2,1-6H3,(H,30,34)(H,32,33)/t16-,19?,20+,26-,27?,28?/m0/s1. The molecule has 0 radical (unpaired) electrons. The Labute approximate surface area is 207 Å². The second kappa shape index (κ2) is 7.25. The highest BCUT2D eigenvalue weighted by molar-refractivity contribution is 6.31. The predicted molar refractivity (Wildman–Crippen MR) is 134 cm³/mol. The van der Waals surface area contributed by atoms with Gasteiger partial charge in [0.05, 0.1) is 16.5 Å². The molecule has 4 saturated carbocycles. The van der Waals surface area contributed by atoms with Crippen LogP contribution in [0.3, 0.4) is 0 Å². The molecule has 5 aliphatic rings. The van der Waals surface area contributed by atoms with Gasteiger partial charge in [-0.1, -0.05) is 58.4 Å². The Balaban J connectivity index is 1.46. The third kappa shape index (κ3) is 3.26. The van der Waals surface area contributed by atoms with Crippen LogP contribution in [0.5, 0.6) is 0 Å². The fraction of sp³-hybridized carbons (Fsp3) is 0.643. The molecule has 1 aromatic rings. The zero-order chi connectivity index (χ0) is 24.8. The first-order chi connectivity index (χ1) is 15.8. The van der Waals surface area contributed by atoms with Crippen LogP contribution < -0.4 is 5.32 Å². The van der Waals surface area contributed by atoms with Crippen LogP contribution >= 0.6 is 11.6 Å². The van der Waals surface area contributed by atoms with E-state index in [1.165, 1.54) is 12.0 Å². The number of carbonyl (C=O) groups excluding carboxylic acids is 1. The Bertz CT molecular complexity index is 1080. The number of rotatable bonds is 6. The molecule has 5 nitrogen and oxygen atoms in total. The first-order valence-electron chi connectivity index (χ1n) is 12.6. The molecule has 6 heteroatoms. The summed E-state index contributed by atoms with van der Waals surface area (Å²) in [6.45, 7) is 13.3. The zero-order valence-corrected chi connectivity index (χ0v) is 21.9. The molecule has 0 saturated heterocycles. The molecule has 0 aromatic heterocycles. The van der Waals surface area contributed by atoms with E-state index in [0.717, 1.165) is 22.6 Å². The number of nitrogens with zero attached hydrogens (tertiary/aromatic N) is 1. The number of urea groups is 1. The summed E-state index contributed by atoms with van der Waals surface area (Å²) in [4.78, 5) is 26.8. The van der Waals surface area contributed by atoms with E-state index in [4.69, 9.17) is 11.6 Å². The Kier molecular flexibility index (Phi) is 5.06. The Morgan fingerprint density at radius 1 is 1.29 bits per heavy atom. The van der Waals surface area contributed by atoms with Crippen molar-refractivity contribution in [1.82, 2.24) is 10.2 Å². The summed E-state index contributed by atoms with van der Waals surface area (Å²) in [5.41, 5.74) is 1.98. The van der Waals surface area contributed by atoms with Crippen molar-refractivity contribution in [2.24, 2.45) is 22.7 Å². The lowest BCUT2D eigenvalue weighted by molar-refractivity contribution is -0.215. The SMILES string of the molecule is CC[C@H](C)C1=CN(C23CC(C(=O)O)(C2)C3)C(=O)N[C@@]1(C)c1ccc(C2C[C@H]2C(C)(C)C)c(Cl)c1. The van der Waals surface area contributed by atoms with Crippen molar-refractivity contribution in [3.8, 4) is 0 Å². The minimum Gasteiger partial charge on any atom is -0.481 e. The van der Waals surface area contributed by atoms with E-state index in [1.807, 2.05) is 12.3 Å². The summed E-state index contributed by atoms with van der Waals surface area (Å²) >= 11 is 6.84. The lowest BCUT2D eigenvalue weighted by atomic mass is 9.38. The van der Waals surface area contributed by atoms with Gasteiger partial charge in [0, 0.05) is 11.2 Å². The van der Waals surface area contributed by atoms with Gasteiger partial charge in [-0.3, -0.25) is 9.69 Å². The van der Waals surface area contributed by atoms with E-state index < -0.39 is 16.9 Å². The van der Waals surface area contributed by atoms with Crippen molar-refractivity contribution < 1.29 is 14.7 Å². The highest BCUT2D eigenvalue weighted by Gasteiger charge is 2.75. The Morgan fingerprint density at radius 3 is 2.44 bits per heavy atom. The third-order valence-corrected chi connectivity index (χ3v) is 9.74. The number of nitrogens with one attached hydrogen (secondary N) is 1. The van der Waals surface area contributed by atoms with Crippen LogP contribution in [0.2, 0.25) is 5.02 Å². The molecule has 34 heavy (non-hydrogen) atoms. The van der Waals surface area contributed by atoms with Crippen molar-refractivity contribution >= 4 is 23.6 Å². The molecule has 6 rings (SSSR count). The molecule has 1 unspecified atom stereocenters. The fourth-order valence-electron chi connectivity index (χ4n) is 6.96. The summed E-state index contributed by atoms with van der Waals surface area (Å²) in [6.07, 6.45) is 5.76. The lowest BCUT2D eigenvalue weighted by Gasteiger charge is -2.71. The fourth-order valence-corrected chi connectivity index (χ4v) is 7.28. The van der Waals surface area contributed by atoms with Gasteiger partial charge in [0.2, 0.25) is 0 Å². The Morgan fingerprint density at radius 2 is 1.94 bits per heavy atom. The van der Waals surface area contributed by atoms with Crippen molar-refractivity contribution in [2.75, 3.05) is 0 Å². The van der Waals surface area contributed by atoms with Gasteiger partial charge < -0.3 is 10.4 Å². The minimum atomic E-state index is -0.734. The number of benzene rings is 1. The number of carbonyl (C=O) groups is 2. The topological polar surface area (TPSA) is 69.6 Å². The largest absolute Gasteiger partial charge is 0.481 e. The van der Waals surface area contributed by atoms with Gasteiger partial charge in [0.15, 0.2) is 0 Å². The van der Waals surface area contributed by atoms with Gasteiger partial charge in [-0.15, -0.1) is 0 Å². The molecule has 2 N–H and O–H groups in total. The van der Waals surface area contributed by atoms with Crippen LogP contribution in [0.15, 0.2) is 30.0 Å². The Hall–Kier alpha value is -2.01. The van der Waals surface area contributed by atoms with E-state index in [1.54, 1.807) is 4.90 Å². The number of hydrogen-bond donors (Lipinski definition) is 2. The smallest absolute Gasteiger partial charge is 0.322 e. The predicted octanol–water partition coefficient (Wildman–Crippen LogP) is 6.67. The number of halogens is 1. The van der Waals surface area contributed by atoms with Gasteiger partial charge >= 0.3 is 12.0 Å². The van der Waals surface area contributed by atoms with Crippen molar-refractivity contribution in [3.05, 3.63) is 46.1 Å². The molecule has 184 valence electrons. The molecule has 1 heterocycles. The molecule has 4 fully saturated rings. The van der Waals surface area contributed by atoms with Crippen LogP contribution in [-0.2, 0) is 10.3 Å². The van der Waals surface area contributed by atoms with Gasteiger partial charge in [-0.2, -0.15) is 0 Å².